The SMILES string of the molecule is CN1C(=O)C(C)(C)c2cc(C(N)Cc3ccccc3)ccc21. The van der Waals surface area contributed by atoms with Gasteiger partial charge < -0.3 is 10.6 Å². The van der Waals surface area contributed by atoms with Crippen molar-refractivity contribution in [2.45, 2.75) is 31.7 Å². The molecule has 0 fully saturated rings. The van der Waals surface area contributed by atoms with Crippen molar-refractivity contribution < 1.29 is 4.79 Å². The quantitative estimate of drug-likeness (QED) is 0.945. The first-order valence-corrected chi connectivity index (χ1v) is 7.63. The van der Waals surface area contributed by atoms with Gasteiger partial charge in [-0.05, 0) is 43.0 Å². The first-order valence-electron chi connectivity index (χ1n) is 7.63. The first kappa shape index (κ1) is 14.8. The lowest BCUT2D eigenvalue weighted by molar-refractivity contribution is -0.121. The smallest absolute Gasteiger partial charge is 0.236 e. The summed E-state index contributed by atoms with van der Waals surface area (Å²) in [7, 11) is 1.83. The van der Waals surface area contributed by atoms with E-state index in [0.29, 0.717) is 0 Å². The highest BCUT2D eigenvalue weighted by molar-refractivity contribution is 6.07. The molecule has 2 N–H and O–H groups in total. The molecule has 2 aromatic carbocycles. The van der Waals surface area contributed by atoms with E-state index >= 15 is 0 Å². The number of anilines is 1. The summed E-state index contributed by atoms with van der Waals surface area (Å²) >= 11 is 0. The van der Waals surface area contributed by atoms with Crippen LogP contribution in [0.4, 0.5) is 5.69 Å². The van der Waals surface area contributed by atoms with E-state index in [4.69, 9.17) is 5.73 Å². The Labute approximate surface area is 131 Å². The fourth-order valence-corrected chi connectivity index (χ4v) is 3.21. The van der Waals surface area contributed by atoms with Crippen LogP contribution in [0.3, 0.4) is 0 Å². The lowest BCUT2D eigenvalue weighted by Gasteiger charge is -2.18. The summed E-state index contributed by atoms with van der Waals surface area (Å²) in [4.78, 5) is 14.1. The van der Waals surface area contributed by atoms with Crippen molar-refractivity contribution in [1.29, 1.82) is 0 Å². The Bertz CT molecular complexity index is 707. The summed E-state index contributed by atoms with van der Waals surface area (Å²) in [5, 5.41) is 0. The van der Waals surface area contributed by atoms with E-state index in [1.54, 1.807) is 4.90 Å². The maximum absolute atomic E-state index is 12.4. The number of rotatable bonds is 3. The van der Waals surface area contributed by atoms with E-state index in [0.717, 1.165) is 23.2 Å². The van der Waals surface area contributed by atoms with Crippen LogP contribution in [0.15, 0.2) is 48.5 Å². The van der Waals surface area contributed by atoms with Crippen molar-refractivity contribution in [3.63, 3.8) is 0 Å². The molecule has 1 amide bonds. The highest BCUT2D eigenvalue weighted by Crippen LogP contribution is 2.41. The molecule has 1 unspecified atom stereocenters. The van der Waals surface area contributed by atoms with Crippen molar-refractivity contribution in [3.8, 4) is 0 Å². The van der Waals surface area contributed by atoms with E-state index in [2.05, 4.69) is 18.2 Å². The molecule has 114 valence electrons. The standard InChI is InChI=1S/C19H22N2O/c1-19(2)15-12-14(9-10-17(15)21(3)18(19)22)16(20)11-13-7-5-4-6-8-13/h4-10,12,16H,11,20H2,1-3H3. The Morgan fingerprint density at radius 2 is 1.82 bits per heavy atom. The topological polar surface area (TPSA) is 46.3 Å². The van der Waals surface area contributed by atoms with Crippen molar-refractivity contribution in [2.75, 3.05) is 11.9 Å². The molecule has 22 heavy (non-hydrogen) atoms. The summed E-state index contributed by atoms with van der Waals surface area (Å²) in [6, 6.07) is 16.3. The fourth-order valence-electron chi connectivity index (χ4n) is 3.21. The molecule has 0 aliphatic carbocycles. The second kappa shape index (κ2) is 5.25. The van der Waals surface area contributed by atoms with Crippen molar-refractivity contribution in [2.24, 2.45) is 5.73 Å². The minimum absolute atomic E-state index is 0.0653. The summed E-state index contributed by atoms with van der Waals surface area (Å²) in [6.07, 6.45) is 0.795. The minimum atomic E-state index is -0.480. The first-order chi connectivity index (χ1) is 10.4. The molecule has 3 rings (SSSR count). The average Bonchev–Trinajstić information content (AvgIpc) is 2.69. The lowest BCUT2D eigenvalue weighted by atomic mass is 9.84. The molecule has 0 radical (unpaired) electrons. The van der Waals surface area contributed by atoms with Crippen LogP contribution in [0.5, 0.6) is 0 Å². The van der Waals surface area contributed by atoms with Crippen LogP contribution < -0.4 is 10.6 Å². The van der Waals surface area contributed by atoms with Crippen LogP contribution in [0, 0.1) is 0 Å². The van der Waals surface area contributed by atoms with Gasteiger partial charge in [-0.15, -0.1) is 0 Å². The molecule has 3 heteroatoms. The van der Waals surface area contributed by atoms with Crippen LogP contribution >= 0.6 is 0 Å². The molecule has 0 bridgehead atoms. The molecule has 3 nitrogen and oxygen atoms in total. The van der Waals surface area contributed by atoms with Gasteiger partial charge >= 0.3 is 0 Å². The molecule has 1 aliphatic rings. The van der Waals surface area contributed by atoms with E-state index in [-0.39, 0.29) is 11.9 Å². The number of nitrogens with zero attached hydrogens (tertiary/aromatic N) is 1. The van der Waals surface area contributed by atoms with Crippen LogP contribution in [-0.2, 0) is 16.6 Å². The summed E-state index contributed by atoms with van der Waals surface area (Å²) < 4.78 is 0. The van der Waals surface area contributed by atoms with Gasteiger partial charge in [-0.25, -0.2) is 0 Å². The Hall–Kier alpha value is -2.13. The number of benzene rings is 2. The Morgan fingerprint density at radius 1 is 1.14 bits per heavy atom. The van der Waals surface area contributed by atoms with Crippen molar-refractivity contribution in [3.05, 3.63) is 65.2 Å². The summed E-state index contributed by atoms with van der Waals surface area (Å²) in [5.74, 6) is 0.135. The molecule has 2 aromatic rings. The number of fused-ring (bicyclic) bond motifs is 1. The molecular weight excluding hydrogens is 272 g/mol. The van der Waals surface area contributed by atoms with Gasteiger partial charge in [0, 0.05) is 18.8 Å². The van der Waals surface area contributed by atoms with Gasteiger partial charge in [0.25, 0.3) is 0 Å². The Balaban J connectivity index is 1.91. The molecule has 0 saturated carbocycles. The van der Waals surface area contributed by atoms with Gasteiger partial charge in [0.1, 0.15) is 0 Å². The van der Waals surface area contributed by atoms with Crippen LogP contribution in [-0.4, -0.2) is 13.0 Å². The number of amides is 1. The van der Waals surface area contributed by atoms with Gasteiger partial charge in [0.15, 0.2) is 0 Å². The zero-order chi connectivity index (χ0) is 15.9. The van der Waals surface area contributed by atoms with Crippen molar-refractivity contribution >= 4 is 11.6 Å². The molecule has 0 spiro atoms. The molecule has 0 saturated heterocycles. The number of hydrogen-bond donors (Lipinski definition) is 1. The zero-order valence-electron chi connectivity index (χ0n) is 13.3. The normalized spacial score (nSPS) is 17.5. The van der Waals surface area contributed by atoms with Gasteiger partial charge in [-0.3, -0.25) is 4.79 Å². The summed E-state index contributed by atoms with van der Waals surface area (Å²) in [5.41, 5.74) is 10.3. The molecule has 1 atom stereocenters. The average molecular weight is 294 g/mol. The van der Waals surface area contributed by atoms with Gasteiger partial charge in [0.05, 0.1) is 5.41 Å². The molecular formula is C19H22N2O. The monoisotopic (exact) mass is 294 g/mol. The number of nitrogens with two attached hydrogens (primary N) is 1. The minimum Gasteiger partial charge on any atom is -0.324 e. The summed E-state index contributed by atoms with van der Waals surface area (Å²) in [6.45, 7) is 3.95. The van der Waals surface area contributed by atoms with E-state index in [1.807, 2.05) is 51.2 Å². The highest BCUT2D eigenvalue weighted by Gasteiger charge is 2.42. The van der Waals surface area contributed by atoms with Gasteiger partial charge in [-0.1, -0.05) is 42.5 Å². The van der Waals surface area contributed by atoms with Gasteiger partial charge in [-0.2, -0.15) is 0 Å². The molecule has 1 aliphatic heterocycles. The predicted molar refractivity (Wildman–Crippen MR) is 90.0 cm³/mol. The fraction of sp³-hybridized carbons (Fsp3) is 0.316. The molecule has 0 aromatic heterocycles. The van der Waals surface area contributed by atoms with E-state index in [9.17, 15) is 4.79 Å². The second-order valence-corrected chi connectivity index (χ2v) is 6.56. The van der Waals surface area contributed by atoms with Gasteiger partial charge in [0.2, 0.25) is 5.91 Å². The zero-order valence-corrected chi connectivity index (χ0v) is 13.3. The number of likely N-dealkylation sites (N-methyl/N-ethyl adjacent to an activating group) is 1. The number of carbonyl (C=O) groups is 1. The Kier molecular flexibility index (Phi) is 3.53. The van der Waals surface area contributed by atoms with E-state index in [1.165, 1.54) is 5.56 Å². The third kappa shape index (κ3) is 2.32. The maximum atomic E-state index is 12.4. The Morgan fingerprint density at radius 3 is 2.50 bits per heavy atom. The lowest BCUT2D eigenvalue weighted by Crippen LogP contribution is -2.33. The maximum Gasteiger partial charge on any atom is 0.236 e. The second-order valence-electron chi connectivity index (χ2n) is 6.56. The van der Waals surface area contributed by atoms with Crippen LogP contribution in [0.1, 0.15) is 36.6 Å². The van der Waals surface area contributed by atoms with Crippen molar-refractivity contribution in [1.82, 2.24) is 0 Å². The van der Waals surface area contributed by atoms with E-state index < -0.39 is 5.41 Å². The third-order valence-corrected chi connectivity index (χ3v) is 4.62. The predicted octanol–water partition coefficient (Wildman–Crippen LogP) is 3.18. The number of carbonyl (C=O) groups excluding carboxylic acids is 1. The third-order valence-electron chi connectivity index (χ3n) is 4.62. The van der Waals surface area contributed by atoms with Crippen LogP contribution in [0.2, 0.25) is 0 Å². The largest absolute Gasteiger partial charge is 0.324 e. The number of hydrogen-bond acceptors (Lipinski definition) is 2. The molecule has 1 heterocycles. The highest BCUT2D eigenvalue weighted by atomic mass is 16.2. The van der Waals surface area contributed by atoms with Crippen LogP contribution in [0.25, 0.3) is 0 Å².